The number of rotatable bonds is 6. The van der Waals surface area contributed by atoms with Crippen LogP contribution in [-0.4, -0.2) is 50.3 Å². The van der Waals surface area contributed by atoms with Gasteiger partial charge in [0, 0.05) is 25.6 Å². The number of nitrogens with zero attached hydrogens (tertiary/aromatic N) is 1. The molecule has 0 spiro atoms. The summed E-state index contributed by atoms with van der Waals surface area (Å²) in [6.07, 6.45) is 1.93. The largest absolute Gasteiger partial charge is 0.465 e. The van der Waals surface area contributed by atoms with Gasteiger partial charge < -0.3 is 19.7 Å². The summed E-state index contributed by atoms with van der Waals surface area (Å²) in [6, 6.07) is 4.46. The number of hydrogen-bond acceptors (Lipinski definition) is 4. The molecule has 2 amide bonds. The molecule has 1 aliphatic rings. The standard InChI is InChI=1S/C17H23ClN2O4/c1-3-8-24-11-12-6-7-20(10-12)17(22)19-15-5-4-13(9-14(15)18)16(21)23-2/h4-5,9,12H,3,6-8,10-11H2,1-2H3,(H,19,22)/t12-/m0/s1. The Balaban J connectivity index is 1.90. The molecule has 0 saturated carbocycles. The van der Waals surface area contributed by atoms with Crippen molar-refractivity contribution in [2.24, 2.45) is 5.92 Å². The SMILES string of the molecule is CCCOC[C@H]1CCN(C(=O)Nc2ccc(C(=O)OC)cc2Cl)C1. The van der Waals surface area contributed by atoms with E-state index in [1.807, 2.05) is 0 Å². The fourth-order valence-corrected chi connectivity index (χ4v) is 2.83. The number of carbonyl (C=O) groups excluding carboxylic acids is 2. The van der Waals surface area contributed by atoms with Gasteiger partial charge >= 0.3 is 12.0 Å². The molecule has 24 heavy (non-hydrogen) atoms. The van der Waals surface area contributed by atoms with Crippen molar-refractivity contribution >= 4 is 29.3 Å². The molecule has 0 unspecified atom stereocenters. The Morgan fingerprint density at radius 1 is 1.42 bits per heavy atom. The van der Waals surface area contributed by atoms with Gasteiger partial charge in [0.1, 0.15) is 0 Å². The normalized spacial score (nSPS) is 17.0. The third kappa shape index (κ3) is 4.85. The maximum atomic E-state index is 12.3. The summed E-state index contributed by atoms with van der Waals surface area (Å²) < 4.78 is 10.2. The third-order valence-electron chi connectivity index (χ3n) is 3.91. The van der Waals surface area contributed by atoms with E-state index in [0.717, 1.165) is 19.4 Å². The zero-order valence-electron chi connectivity index (χ0n) is 14.0. The molecule has 7 heteroatoms. The van der Waals surface area contributed by atoms with E-state index < -0.39 is 5.97 Å². The van der Waals surface area contributed by atoms with Crippen molar-refractivity contribution in [2.45, 2.75) is 19.8 Å². The number of hydrogen-bond donors (Lipinski definition) is 1. The Bertz CT molecular complexity index is 594. The first kappa shape index (κ1) is 18.5. The second-order valence-corrected chi connectivity index (χ2v) is 6.20. The van der Waals surface area contributed by atoms with Crippen molar-refractivity contribution in [3.05, 3.63) is 28.8 Å². The van der Waals surface area contributed by atoms with Gasteiger partial charge in [0.15, 0.2) is 0 Å². The van der Waals surface area contributed by atoms with Gasteiger partial charge in [-0.1, -0.05) is 18.5 Å². The van der Waals surface area contributed by atoms with Crippen LogP contribution in [0.5, 0.6) is 0 Å². The van der Waals surface area contributed by atoms with Gasteiger partial charge in [-0.05, 0) is 31.0 Å². The van der Waals surface area contributed by atoms with Crippen molar-refractivity contribution in [3.8, 4) is 0 Å². The maximum Gasteiger partial charge on any atom is 0.337 e. The average molecular weight is 355 g/mol. The van der Waals surface area contributed by atoms with Crippen LogP contribution in [0.1, 0.15) is 30.1 Å². The number of methoxy groups -OCH3 is 1. The molecule has 0 aliphatic carbocycles. The zero-order valence-corrected chi connectivity index (χ0v) is 14.8. The molecule has 1 aliphatic heterocycles. The lowest BCUT2D eigenvalue weighted by molar-refractivity contribution is 0.0600. The van der Waals surface area contributed by atoms with E-state index in [-0.39, 0.29) is 6.03 Å². The number of urea groups is 1. The lowest BCUT2D eigenvalue weighted by atomic mass is 10.1. The number of nitrogens with one attached hydrogen (secondary N) is 1. The van der Waals surface area contributed by atoms with Gasteiger partial charge in [0.25, 0.3) is 0 Å². The summed E-state index contributed by atoms with van der Waals surface area (Å²) >= 11 is 6.13. The summed E-state index contributed by atoms with van der Waals surface area (Å²) in [5, 5.41) is 3.09. The molecule has 1 aromatic rings. The van der Waals surface area contributed by atoms with Crippen molar-refractivity contribution in [2.75, 3.05) is 38.7 Å². The first-order valence-corrected chi connectivity index (χ1v) is 8.44. The number of ether oxygens (including phenoxy) is 2. The predicted molar refractivity (Wildman–Crippen MR) is 92.6 cm³/mol. The minimum atomic E-state index is -0.468. The first-order valence-electron chi connectivity index (χ1n) is 8.06. The quantitative estimate of drug-likeness (QED) is 0.628. The van der Waals surface area contributed by atoms with Crippen LogP contribution in [0.4, 0.5) is 10.5 Å². The molecule has 1 N–H and O–H groups in total. The monoisotopic (exact) mass is 354 g/mol. The Labute approximate surface area is 147 Å². The molecule has 0 aromatic heterocycles. The Morgan fingerprint density at radius 2 is 2.21 bits per heavy atom. The van der Waals surface area contributed by atoms with Gasteiger partial charge in [-0.2, -0.15) is 0 Å². The first-order chi connectivity index (χ1) is 11.5. The molecular formula is C17H23ClN2O4. The highest BCUT2D eigenvalue weighted by Crippen LogP contribution is 2.25. The number of anilines is 1. The fraction of sp³-hybridized carbons (Fsp3) is 0.529. The predicted octanol–water partition coefficient (Wildman–Crippen LogP) is 3.41. The van der Waals surface area contributed by atoms with Crippen LogP contribution in [-0.2, 0) is 9.47 Å². The molecule has 0 bridgehead atoms. The Kier molecular flexibility index (Phi) is 6.87. The lowest BCUT2D eigenvalue weighted by Gasteiger charge is -2.18. The van der Waals surface area contributed by atoms with Crippen LogP contribution in [0.15, 0.2) is 18.2 Å². The van der Waals surface area contributed by atoms with Crippen molar-refractivity contribution in [3.63, 3.8) is 0 Å². The number of benzene rings is 1. The number of likely N-dealkylation sites (tertiary alicyclic amines) is 1. The van der Waals surface area contributed by atoms with Gasteiger partial charge in [0.05, 0.1) is 30.0 Å². The van der Waals surface area contributed by atoms with Crippen LogP contribution < -0.4 is 5.32 Å². The smallest absolute Gasteiger partial charge is 0.337 e. The minimum Gasteiger partial charge on any atom is -0.465 e. The van der Waals surface area contributed by atoms with E-state index in [0.29, 0.717) is 41.9 Å². The molecule has 1 fully saturated rings. The van der Waals surface area contributed by atoms with Gasteiger partial charge in [-0.3, -0.25) is 0 Å². The number of esters is 1. The molecule has 0 radical (unpaired) electrons. The molecule has 1 aromatic carbocycles. The highest BCUT2D eigenvalue weighted by Gasteiger charge is 2.26. The molecule has 1 saturated heterocycles. The number of halogens is 1. The lowest BCUT2D eigenvalue weighted by Crippen LogP contribution is -2.33. The molecule has 2 rings (SSSR count). The zero-order chi connectivity index (χ0) is 17.5. The molecule has 1 atom stereocenters. The van der Waals surface area contributed by atoms with E-state index in [2.05, 4.69) is 17.0 Å². The molecule has 132 valence electrons. The van der Waals surface area contributed by atoms with Crippen LogP contribution >= 0.6 is 11.6 Å². The van der Waals surface area contributed by atoms with Crippen molar-refractivity contribution in [1.82, 2.24) is 4.90 Å². The average Bonchev–Trinajstić information content (AvgIpc) is 3.05. The van der Waals surface area contributed by atoms with E-state index in [1.54, 1.807) is 17.0 Å². The van der Waals surface area contributed by atoms with Crippen LogP contribution in [0.3, 0.4) is 0 Å². The third-order valence-corrected chi connectivity index (χ3v) is 4.22. The molecular weight excluding hydrogens is 332 g/mol. The Morgan fingerprint density at radius 3 is 2.88 bits per heavy atom. The number of carbonyl (C=O) groups is 2. The van der Waals surface area contributed by atoms with Crippen LogP contribution in [0.2, 0.25) is 5.02 Å². The van der Waals surface area contributed by atoms with Gasteiger partial charge in [-0.15, -0.1) is 0 Å². The maximum absolute atomic E-state index is 12.3. The summed E-state index contributed by atoms with van der Waals surface area (Å²) in [6.45, 7) is 4.89. The summed E-state index contributed by atoms with van der Waals surface area (Å²) in [7, 11) is 1.31. The van der Waals surface area contributed by atoms with Crippen LogP contribution in [0.25, 0.3) is 0 Å². The van der Waals surface area contributed by atoms with E-state index in [1.165, 1.54) is 13.2 Å². The molecule has 6 nitrogen and oxygen atoms in total. The highest BCUT2D eigenvalue weighted by molar-refractivity contribution is 6.34. The summed E-state index contributed by atoms with van der Waals surface area (Å²) in [5.41, 5.74) is 0.815. The van der Waals surface area contributed by atoms with Gasteiger partial charge in [0.2, 0.25) is 0 Å². The van der Waals surface area contributed by atoms with Gasteiger partial charge in [-0.25, -0.2) is 9.59 Å². The van der Waals surface area contributed by atoms with Crippen LogP contribution in [0, 0.1) is 5.92 Å². The van der Waals surface area contributed by atoms with E-state index in [4.69, 9.17) is 16.3 Å². The van der Waals surface area contributed by atoms with E-state index in [9.17, 15) is 9.59 Å². The number of amides is 2. The fourth-order valence-electron chi connectivity index (χ4n) is 2.60. The topological polar surface area (TPSA) is 67.9 Å². The second-order valence-electron chi connectivity index (χ2n) is 5.79. The molecule has 1 heterocycles. The Hall–Kier alpha value is -1.79. The van der Waals surface area contributed by atoms with Crippen molar-refractivity contribution in [1.29, 1.82) is 0 Å². The van der Waals surface area contributed by atoms with Crippen molar-refractivity contribution < 1.29 is 19.1 Å². The van der Waals surface area contributed by atoms with E-state index >= 15 is 0 Å². The minimum absolute atomic E-state index is 0.194. The second kappa shape index (κ2) is 8.89. The summed E-state index contributed by atoms with van der Waals surface area (Å²) in [4.78, 5) is 25.6. The summed E-state index contributed by atoms with van der Waals surface area (Å²) in [5.74, 6) is -0.0938. The highest BCUT2D eigenvalue weighted by atomic mass is 35.5.